The number of hydrogen-bond acceptors (Lipinski definition) is 4. The molecule has 0 bridgehead atoms. The molecule has 130 valence electrons. The van der Waals surface area contributed by atoms with E-state index in [0.717, 1.165) is 19.3 Å². The number of nitrogens with one attached hydrogen (secondary N) is 1. The van der Waals surface area contributed by atoms with Crippen LogP contribution in [0.3, 0.4) is 0 Å². The number of unbranched alkanes of at least 4 members (excludes halogenated alkanes) is 2. The van der Waals surface area contributed by atoms with Crippen LogP contribution >= 0.6 is 0 Å². The number of carbonyl (C=O) groups is 1. The summed E-state index contributed by atoms with van der Waals surface area (Å²) in [4.78, 5) is 25.2. The molecule has 1 aromatic heterocycles. The molecule has 2 N–H and O–H groups in total. The van der Waals surface area contributed by atoms with Crippen molar-refractivity contribution in [3.8, 4) is 0 Å². The predicted molar refractivity (Wildman–Crippen MR) is 94.2 cm³/mol. The van der Waals surface area contributed by atoms with Crippen molar-refractivity contribution in [2.75, 3.05) is 6.61 Å². The summed E-state index contributed by atoms with van der Waals surface area (Å²) < 4.78 is 1.37. The van der Waals surface area contributed by atoms with E-state index >= 15 is 0 Å². The maximum Gasteiger partial charge on any atom is 0.274 e. The number of amides is 1. The third-order valence-corrected chi connectivity index (χ3v) is 3.90. The van der Waals surface area contributed by atoms with E-state index in [0.29, 0.717) is 17.3 Å². The molecule has 0 atom stereocenters. The Morgan fingerprint density at radius 3 is 2.54 bits per heavy atom. The van der Waals surface area contributed by atoms with Gasteiger partial charge in [-0.3, -0.25) is 9.59 Å². The summed E-state index contributed by atoms with van der Waals surface area (Å²) in [6.45, 7) is 5.84. The van der Waals surface area contributed by atoms with Gasteiger partial charge in [0.2, 0.25) is 0 Å². The Hall–Kier alpha value is -2.21. The van der Waals surface area contributed by atoms with Crippen LogP contribution in [0.15, 0.2) is 29.1 Å². The highest BCUT2D eigenvalue weighted by Crippen LogP contribution is 2.14. The topological polar surface area (TPSA) is 84.2 Å². The van der Waals surface area contributed by atoms with Gasteiger partial charge in [-0.1, -0.05) is 38.0 Å². The molecule has 2 rings (SSSR count). The Balaban J connectivity index is 2.49. The molecular formula is C18H25N3O3. The fraction of sp³-hybridized carbons (Fsp3) is 0.500. The molecule has 0 spiro atoms. The fourth-order valence-electron chi connectivity index (χ4n) is 2.47. The van der Waals surface area contributed by atoms with Crippen LogP contribution in [0.4, 0.5) is 0 Å². The first-order valence-electron chi connectivity index (χ1n) is 8.33. The second-order valence-corrected chi connectivity index (χ2v) is 6.63. The lowest BCUT2D eigenvalue weighted by Crippen LogP contribution is -2.47. The van der Waals surface area contributed by atoms with Crippen molar-refractivity contribution < 1.29 is 9.90 Å². The second-order valence-electron chi connectivity index (χ2n) is 6.63. The Kier molecular flexibility index (Phi) is 5.72. The van der Waals surface area contributed by atoms with E-state index < -0.39 is 11.4 Å². The number of nitrogens with zero attached hydrogens (tertiary/aromatic N) is 2. The van der Waals surface area contributed by atoms with Crippen molar-refractivity contribution in [2.45, 2.75) is 52.1 Å². The molecule has 2 aromatic rings. The lowest BCUT2D eigenvalue weighted by Gasteiger charge is -2.23. The number of aryl methyl sites for hydroxylation is 1. The number of aliphatic hydroxyl groups is 1. The summed E-state index contributed by atoms with van der Waals surface area (Å²) in [6, 6.07) is 6.99. The largest absolute Gasteiger partial charge is 0.394 e. The van der Waals surface area contributed by atoms with Gasteiger partial charge in [0.25, 0.3) is 11.5 Å². The number of hydrogen-bond donors (Lipinski definition) is 2. The number of carbonyl (C=O) groups excluding carboxylic acids is 1. The maximum atomic E-state index is 12.6. The predicted octanol–water partition coefficient (Wildman–Crippen LogP) is 2.09. The standard InChI is InChI=1S/C18H25N3O3/c1-4-5-8-11-21-17(24)14-10-7-6-9-13(14)15(20-21)16(23)19-18(2,3)12-22/h6-7,9-10,22H,4-5,8,11-12H2,1-3H3,(H,19,23). The van der Waals surface area contributed by atoms with E-state index in [9.17, 15) is 14.7 Å². The van der Waals surface area contributed by atoms with Crippen molar-refractivity contribution in [3.05, 3.63) is 40.3 Å². The van der Waals surface area contributed by atoms with Crippen molar-refractivity contribution in [1.82, 2.24) is 15.1 Å². The molecule has 0 unspecified atom stereocenters. The first-order valence-corrected chi connectivity index (χ1v) is 8.33. The van der Waals surface area contributed by atoms with Crippen LogP contribution < -0.4 is 10.9 Å². The average molecular weight is 331 g/mol. The zero-order chi connectivity index (χ0) is 17.7. The van der Waals surface area contributed by atoms with Gasteiger partial charge in [-0.05, 0) is 26.3 Å². The first kappa shape index (κ1) is 18.1. The van der Waals surface area contributed by atoms with Gasteiger partial charge in [0.1, 0.15) is 0 Å². The highest BCUT2D eigenvalue weighted by Gasteiger charge is 2.23. The molecule has 0 aliphatic heterocycles. The van der Waals surface area contributed by atoms with E-state index in [1.165, 1.54) is 4.68 Å². The number of rotatable bonds is 7. The van der Waals surface area contributed by atoms with Gasteiger partial charge in [0.05, 0.1) is 17.5 Å². The Morgan fingerprint density at radius 2 is 1.92 bits per heavy atom. The molecule has 1 aromatic carbocycles. The van der Waals surface area contributed by atoms with E-state index in [2.05, 4.69) is 17.3 Å². The van der Waals surface area contributed by atoms with Crippen molar-refractivity contribution in [2.24, 2.45) is 0 Å². The molecule has 6 nitrogen and oxygen atoms in total. The normalized spacial score (nSPS) is 11.7. The lowest BCUT2D eigenvalue weighted by molar-refractivity contribution is 0.0863. The summed E-state index contributed by atoms with van der Waals surface area (Å²) in [5.74, 6) is -0.394. The SMILES string of the molecule is CCCCCn1nc(C(=O)NC(C)(C)CO)c2ccccc2c1=O. The molecule has 0 saturated carbocycles. The van der Waals surface area contributed by atoms with E-state index in [4.69, 9.17) is 0 Å². The minimum absolute atomic E-state index is 0.181. The van der Waals surface area contributed by atoms with E-state index in [1.54, 1.807) is 38.1 Å². The summed E-state index contributed by atoms with van der Waals surface area (Å²) in [6.07, 6.45) is 2.88. The zero-order valence-electron chi connectivity index (χ0n) is 14.5. The minimum Gasteiger partial charge on any atom is -0.394 e. The van der Waals surface area contributed by atoms with Gasteiger partial charge in [-0.2, -0.15) is 5.10 Å². The second kappa shape index (κ2) is 7.57. The maximum absolute atomic E-state index is 12.6. The van der Waals surface area contributed by atoms with Gasteiger partial charge in [0.15, 0.2) is 5.69 Å². The molecule has 1 amide bonds. The van der Waals surface area contributed by atoms with Crippen LogP contribution in [0.5, 0.6) is 0 Å². The van der Waals surface area contributed by atoms with Gasteiger partial charge >= 0.3 is 0 Å². The van der Waals surface area contributed by atoms with E-state index in [-0.39, 0.29) is 17.9 Å². The van der Waals surface area contributed by atoms with Crippen LogP contribution in [0.2, 0.25) is 0 Å². The monoisotopic (exact) mass is 331 g/mol. The molecule has 6 heteroatoms. The minimum atomic E-state index is -0.761. The first-order chi connectivity index (χ1) is 11.4. The third-order valence-electron chi connectivity index (χ3n) is 3.90. The summed E-state index contributed by atoms with van der Waals surface area (Å²) >= 11 is 0. The average Bonchev–Trinajstić information content (AvgIpc) is 2.56. The molecule has 0 radical (unpaired) electrons. The third kappa shape index (κ3) is 4.00. The molecular weight excluding hydrogens is 306 g/mol. The van der Waals surface area contributed by atoms with Crippen molar-refractivity contribution >= 4 is 16.7 Å². The highest BCUT2D eigenvalue weighted by atomic mass is 16.3. The van der Waals surface area contributed by atoms with Crippen LogP contribution in [-0.2, 0) is 6.54 Å². The number of benzene rings is 1. The Labute approximate surface area is 141 Å². The summed E-state index contributed by atoms with van der Waals surface area (Å²) in [5.41, 5.74) is -0.730. The fourth-order valence-corrected chi connectivity index (χ4v) is 2.47. The van der Waals surface area contributed by atoms with Crippen molar-refractivity contribution in [3.63, 3.8) is 0 Å². The van der Waals surface area contributed by atoms with Gasteiger partial charge < -0.3 is 10.4 Å². The van der Waals surface area contributed by atoms with Crippen LogP contribution in [0.1, 0.15) is 50.5 Å². The summed E-state index contributed by atoms with van der Waals surface area (Å²) in [5, 5.41) is 17.4. The summed E-state index contributed by atoms with van der Waals surface area (Å²) in [7, 11) is 0. The molecule has 1 heterocycles. The van der Waals surface area contributed by atoms with Crippen molar-refractivity contribution in [1.29, 1.82) is 0 Å². The Morgan fingerprint density at radius 1 is 1.25 bits per heavy atom. The molecule has 0 saturated heterocycles. The zero-order valence-corrected chi connectivity index (χ0v) is 14.5. The number of fused-ring (bicyclic) bond motifs is 1. The highest BCUT2D eigenvalue weighted by molar-refractivity contribution is 6.05. The molecule has 0 aliphatic carbocycles. The molecule has 0 aliphatic rings. The lowest BCUT2D eigenvalue weighted by atomic mass is 10.1. The quantitative estimate of drug-likeness (QED) is 0.761. The molecule has 0 fully saturated rings. The molecule has 24 heavy (non-hydrogen) atoms. The van der Waals surface area contributed by atoms with E-state index in [1.807, 2.05) is 0 Å². The van der Waals surface area contributed by atoms with Gasteiger partial charge in [0, 0.05) is 11.9 Å². The van der Waals surface area contributed by atoms with Crippen LogP contribution in [0, 0.1) is 0 Å². The van der Waals surface area contributed by atoms with Crippen LogP contribution in [0.25, 0.3) is 10.8 Å². The van der Waals surface area contributed by atoms with Gasteiger partial charge in [-0.25, -0.2) is 4.68 Å². The van der Waals surface area contributed by atoms with Crippen LogP contribution in [-0.4, -0.2) is 32.9 Å². The smallest absolute Gasteiger partial charge is 0.274 e. The number of aliphatic hydroxyl groups excluding tert-OH is 1. The van der Waals surface area contributed by atoms with Gasteiger partial charge in [-0.15, -0.1) is 0 Å². The number of aromatic nitrogens is 2. The Bertz CT molecular complexity index is 781.